The normalized spacial score (nSPS) is 48.8. The van der Waals surface area contributed by atoms with Crippen molar-refractivity contribution in [3.8, 4) is 0 Å². The second kappa shape index (κ2) is 11.1. The van der Waals surface area contributed by atoms with Gasteiger partial charge in [0.05, 0.1) is 37.1 Å². The molecule has 6 saturated carbocycles. The number of carbonyl (C=O) groups excluding carboxylic acids is 1. The molecule has 6 aliphatic carbocycles. The van der Waals surface area contributed by atoms with Crippen LogP contribution in [0.1, 0.15) is 113 Å². The van der Waals surface area contributed by atoms with Crippen molar-refractivity contribution in [1.82, 2.24) is 4.90 Å². The van der Waals surface area contributed by atoms with Crippen LogP contribution in [0.25, 0.3) is 0 Å². The molecule has 2 saturated heterocycles. The molecule has 45 heavy (non-hydrogen) atoms. The van der Waals surface area contributed by atoms with Crippen LogP contribution < -0.4 is 0 Å². The van der Waals surface area contributed by atoms with Crippen molar-refractivity contribution in [2.75, 3.05) is 26.8 Å². The molecule has 0 aromatic carbocycles. The molecule has 2 aliphatic heterocycles. The third-order valence-corrected chi connectivity index (χ3v) is 15.2. The van der Waals surface area contributed by atoms with Crippen molar-refractivity contribution >= 4 is 5.91 Å². The SMILES string of the molecule is CC12CC[C@@]34CC35CC[C@H](OC3CN(C(=O)C6CC6)CCO3)C(C)(C)C5CCC4C1CC1OC([C@H](O)C(C)(C)O)CCC12.CO.[HH]. The molecular formula is C37H63NO7. The molecule has 8 nitrogen and oxygen atoms in total. The van der Waals surface area contributed by atoms with Gasteiger partial charge in [-0.2, -0.15) is 0 Å². The molecule has 12 atom stereocenters. The van der Waals surface area contributed by atoms with E-state index in [9.17, 15) is 15.0 Å². The van der Waals surface area contributed by atoms with E-state index in [2.05, 4.69) is 20.8 Å². The average Bonchev–Trinajstić information content (AvgIpc) is 3.93. The van der Waals surface area contributed by atoms with Crippen molar-refractivity contribution in [2.45, 2.75) is 148 Å². The molecule has 258 valence electrons. The highest BCUT2D eigenvalue weighted by atomic mass is 16.7. The monoisotopic (exact) mass is 633 g/mol. The van der Waals surface area contributed by atoms with Gasteiger partial charge in [-0.05, 0) is 136 Å². The third-order valence-electron chi connectivity index (χ3n) is 15.2. The van der Waals surface area contributed by atoms with Crippen LogP contribution in [0.15, 0.2) is 0 Å². The van der Waals surface area contributed by atoms with Gasteiger partial charge in [0.1, 0.15) is 6.10 Å². The first-order chi connectivity index (χ1) is 21.3. The summed E-state index contributed by atoms with van der Waals surface area (Å²) in [6.07, 6.45) is 13.3. The van der Waals surface area contributed by atoms with Crippen molar-refractivity contribution in [3.05, 3.63) is 0 Å². The summed E-state index contributed by atoms with van der Waals surface area (Å²) >= 11 is 0. The molecule has 9 unspecified atom stereocenters. The fourth-order valence-corrected chi connectivity index (χ4v) is 12.9. The molecule has 8 heteroatoms. The molecule has 1 amide bonds. The van der Waals surface area contributed by atoms with Gasteiger partial charge < -0.3 is 34.4 Å². The summed E-state index contributed by atoms with van der Waals surface area (Å²) < 4.78 is 19.6. The van der Waals surface area contributed by atoms with Crippen LogP contribution in [0, 0.1) is 51.2 Å². The Bertz CT molecular complexity index is 1140. The van der Waals surface area contributed by atoms with E-state index in [1.54, 1.807) is 13.8 Å². The number of fused-ring (bicyclic) bond motifs is 4. The lowest BCUT2D eigenvalue weighted by Crippen LogP contribution is -2.56. The molecule has 8 aliphatic rings. The zero-order valence-electron chi connectivity index (χ0n) is 28.8. The maximum absolute atomic E-state index is 12.7. The average molecular weight is 634 g/mol. The Morgan fingerprint density at radius 2 is 1.69 bits per heavy atom. The Balaban J connectivity index is 0.00000122. The van der Waals surface area contributed by atoms with Crippen molar-refractivity contribution in [2.24, 2.45) is 51.2 Å². The van der Waals surface area contributed by atoms with E-state index in [4.69, 9.17) is 19.3 Å². The summed E-state index contributed by atoms with van der Waals surface area (Å²) in [5.74, 6) is 3.30. The summed E-state index contributed by atoms with van der Waals surface area (Å²) in [4.78, 5) is 14.7. The number of hydrogen-bond donors (Lipinski definition) is 3. The second-order valence-electron chi connectivity index (χ2n) is 17.9. The summed E-state index contributed by atoms with van der Waals surface area (Å²) in [6, 6.07) is 0. The fraction of sp³-hybridized carbons (Fsp3) is 0.973. The number of amides is 1. The molecule has 2 spiro atoms. The summed E-state index contributed by atoms with van der Waals surface area (Å²) in [5.41, 5.74) is 0.223. The van der Waals surface area contributed by atoms with Crippen LogP contribution >= 0.6 is 0 Å². The minimum absolute atomic E-state index is 0. The predicted octanol–water partition coefficient (Wildman–Crippen LogP) is 5.16. The van der Waals surface area contributed by atoms with Crippen molar-refractivity contribution in [1.29, 1.82) is 0 Å². The summed E-state index contributed by atoms with van der Waals surface area (Å²) in [7, 11) is 1.00. The first-order valence-electron chi connectivity index (χ1n) is 18.4. The van der Waals surface area contributed by atoms with Gasteiger partial charge in [-0.3, -0.25) is 4.79 Å². The van der Waals surface area contributed by atoms with E-state index < -0.39 is 11.7 Å². The zero-order valence-corrected chi connectivity index (χ0v) is 28.8. The maximum atomic E-state index is 12.7. The lowest BCUT2D eigenvalue weighted by atomic mass is 9.46. The Labute approximate surface area is 272 Å². The standard InChI is InChI=1S/C36H57NO6.CH4O.H2/c1-32(2)27-11-9-22-24-18-26-23(8-10-25(42-26)30(38)33(3,4)40)34(24,5)14-15-35(22)20-36(27,35)13-12-28(32)43-29-19-37(16-17-41-29)31(39)21-6-7-21;1-2;/h21-30,38,40H,6-20H2,1-5H3;2H,1H3;1H/t22?,23?,24?,25?,26?,27?,28-,29?,30-,34?,35-,36?;;/m0../s1. The molecule has 8 rings (SSSR count). The number of ether oxygens (including phenoxy) is 3. The highest BCUT2D eigenvalue weighted by molar-refractivity contribution is 5.81. The van der Waals surface area contributed by atoms with E-state index in [1.807, 2.05) is 4.90 Å². The topological polar surface area (TPSA) is 109 Å². The maximum Gasteiger partial charge on any atom is 0.225 e. The molecule has 8 fully saturated rings. The van der Waals surface area contributed by atoms with Crippen LogP contribution in [0.2, 0.25) is 0 Å². The van der Waals surface area contributed by atoms with Gasteiger partial charge in [0.25, 0.3) is 0 Å². The first kappa shape index (κ1) is 32.8. The van der Waals surface area contributed by atoms with Crippen LogP contribution in [-0.2, 0) is 19.0 Å². The largest absolute Gasteiger partial charge is 0.400 e. The molecule has 0 aromatic heterocycles. The Hall–Kier alpha value is -0.770. The zero-order chi connectivity index (χ0) is 32.2. The lowest BCUT2D eigenvalue weighted by molar-refractivity contribution is -0.244. The van der Waals surface area contributed by atoms with Crippen molar-refractivity contribution in [3.63, 3.8) is 0 Å². The Morgan fingerprint density at radius 3 is 2.40 bits per heavy atom. The van der Waals surface area contributed by atoms with Gasteiger partial charge in [-0.15, -0.1) is 0 Å². The van der Waals surface area contributed by atoms with E-state index in [1.165, 1.54) is 38.5 Å². The predicted molar refractivity (Wildman–Crippen MR) is 172 cm³/mol. The number of aliphatic hydroxyl groups is 3. The number of carbonyl (C=O) groups is 1. The smallest absolute Gasteiger partial charge is 0.225 e. The second-order valence-corrected chi connectivity index (χ2v) is 17.9. The van der Waals surface area contributed by atoms with E-state index in [-0.39, 0.29) is 37.4 Å². The quantitative estimate of drug-likeness (QED) is 0.384. The fourth-order valence-electron chi connectivity index (χ4n) is 12.9. The molecule has 2 heterocycles. The Morgan fingerprint density at radius 1 is 0.956 bits per heavy atom. The Kier molecular flexibility index (Phi) is 8.10. The van der Waals surface area contributed by atoms with Crippen LogP contribution in [0.3, 0.4) is 0 Å². The van der Waals surface area contributed by atoms with Crippen LogP contribution in [0.4, 0.5) is 0 Å². The van der Waals surface area contributed by atoms with Crippen molar-refractivity contribution < 1.29 is 35.8 Å². The third kappa shape index (κ3) is 4.92. The summed E-state index contributed by atoms with van der Waals surface area (Å²) in [5, 5.41) is 28.3. The van der Waals surface area contributed by atoms with Gasteiger partial charge in [0.2, 0.25) is 5.91 Å². The van der Waals surface area contributed by atoms with Crippen LogP contribution in [-0.4, -0.2) is 89.2 Å². The molecule has 0 aromatic rings. The highest BCUT2D eigenvalue weighted by Gasteiger charge is 2.80. The van der Waals surface area contributed by atoms with Gasteiger partial charge >= 0.3 is 0 Å². The van der Waals surface area contributed by atoms with Crippen LogP contribution in [0.5, 0.6) is 0 Å². The van der Waals surface area contributed by atoms with E-state index in [0.29, 0.717) is 59.6 Å². The number of aliphatic hydroxyl groups excluding tert-OH is 2. The molecular weight excluding hydrogens is 570 g/mol. The number of morpholine rings is 1. The first-order valence-corrected chi connectivity index (χ1v) is 18.4. The van der Waals surface area contributed by atoms with Gasteiger partial charge in [0.15, 0.2) is 6.29 Å². The van der Waals surface area contributed by atoms with Gasteiger partial charge in [-0.1, -0.05) is 20.8 Å². The molecule has 0 bridgehead atoms. The molecule has 3 N–H and O–H groups in total. The highest BCUT2D eigenvalue weighted by Crippen LogP contribution is 2.87. The number of nitrogens with zero attached hydrogens (tertiary/aromatic N) is 1. The van der Waals surface area contributed by atoms with Gasteiger partial charge in [-0.25, -0.2) is 0 Å². The minimum atomic E-state index is -1.14. The van der Waals surface area contributed by atoms with Gasteiger partial charge in [0, 0.05) is 21.0 Å². The number of rotatable bonds is 5. The minimum Gasteiger partial charge on any atom is -0.400 e. The van der Waals surface area contributed by atoms with E-state index in [0.717, 1.165) is 51.6 Å². The molecule has 0 radical (unpaired) electrons. The lowest BCUT2D eigenvalue weighted by Gasteiger charge is -2.60. The number of hydrogen-bond acceptors (Lipinski definition) is 7. The van der Waals surface area contributed by atoms with E-state index >= 15 is 0 Å². The summed E-state index contributed by atoms with van der Waals surface area (Å²) in [6.45, 7) is 12.8.